The Bertz CT molecular complexity index is 1160. The second-order valence-electron chi connectivity index (χ2n) is 8.68. The number of carbonyl (C=O) groups is 1. The van der Waals surface area contributed by atoms with E-state index in [0.717, 1.165) is 48.2 Å². The molecule has 1 aliphatic heterocycles. The van der Waals surface area contributed by atoms with Crippen molar-refractivity contribution in [3.63, 3.8) is 0 Å². The Morgan fingerprint density at radius 3 is 2.56 bits per heavy atom. The average molecular weight is 472 g/mol. The van der Waals surface area contributed by atoms with Crippen LogP contribution in [0.25, 0.3) is 10.3 Å². The summed E-state index contributed by atoms with van der Waals surface area (Å²) in [6, 6.07) is 7.60. The molecular formula is C23H29N5O2S2. The highest BCUT2D eigenvalue weighted by atomic mass is 32.2. The number of hydrogen-bond donors (Lipinski definition) is 1. The predicted octanol–water partition coefficient (Wildman–Crippen LogP) is 4.71. The van der Waals surface area contributed by atoms with Crippen molar-refractivity contribution in [3.8, 4) is 0 Å². The normalized spacial score (nSPS) is 15.0. The molecule has 1 fully saturated rings. The summed E-state index contributed by atoms with van der Waals surface area (Å²) in [5.74, 6) is 0.760. The molecule has 3 heterocycles. The van der Waals surface area contributed by atoms with Crippen molar-refractivity contribution in [3.05, 3.63) is 40.2 Å². The van der Waals surface area contributed by atoms with E-state index in [2.05, 4.69) is 17.1 Å². The zero-order valence-corrected chi connectivity index (χ0v) is 20.6. The van der Waals surface area contributed by atoms with Crippen LogP contribution in [0.3, 0.4) is 0 Å². The van der Waals surface area contributed by atoms with Crippen LogP contribution in [-0.2, 0) is 4.79 Å². The molecule has 1 amide bonds. The number of nitrogens with zero attached hydrogens (tertiary/aromatic N) is 4. The van der Waals surface area contributed by atoms with Crippen molar-refractivity contribution < 1.29 is 4.79 Å². The molecule has 3 aromatic rings. The number of thiazole rings is 1. The van der Waals surface area contributed by atoms with Gasteiger partial charge in [-0.2, -0.15) is 4.98 Å². The Balaban J connectivity index is 1.56. The van der Waals surface area contributed by atoms with E-state index >= 15 is 0 Å². The van der Waals surface area contributed by atoms with Gasteiger partial charge in [-0.25, -0.2) is 4.98 Å². The van der Waals surface area contributed by atoms with E-state index in [1.807, 2.05) is 45.0 Å². The van der Waals surface area contributed by atoms with Crippen molar-refractivity contribution in [1.29, 1.82) is 0 Å². The molecule has 2 aromatic heterocycles. The van der Waals surface area contributed by atoms with E-state index in [1.165, 1.54) is 23.1 Å². The van der Waals surface area contributed by atoms with Crippen LogP contribution in [-0.4, -0.2) is 39.3 Å². The van der Waals surface area contributed by atoms with Gasteiger partial charge in [-0.3, -0.25) is 14.2 Å². The first-order chi connectivity index (χ1) is 15.3. The molecule has 7 nitrogen and oxygen atoms in total. The molecule has 9 heteroatoms. The highest BCUT2D eigenvalue weighted by molar-refractivity contribution is 7.99. The van der Waals surface area contributed by atoms with Crippen LogP contribution in [0.1, 0.15) is 45.2 Å². The van der Waals surface area contributed by atoms with Crippen LogP contribution in [0.2, 0.25) is 0 Å². The Morgan fingerprint density at radius 1 is 1.22 bits per heavy atom. The number of nitrogens with one attached hydrogen (secondary N) is 1. The lowest BCUT2D eigenvalue weighted by Gasteiger charge is -2.29. The van der Waals surface area contributed by atoms with Crippen LogP contribution in [0.4, 0.5) is 10.8 Å². The standard InChI is InChI=1S/C23H29N5O2S2/c1-14(2)28-21(30)19-20(25-22(32-19)27-11-9-16(4)10-12-27)26-23(28)31-13-18(29)24-17-7-5-15(3)6-8-17/h5-8,14,16H,9-13H2,1-4H3,(H,24,29). The summed E-state index contributed by atoms with van der Waals surface area (Å²) in [5, 5.41) is 4.29. The van der Waals surface area contributed by atoms with Gasteiger partial charge in [0.25, 0.3) is 5.56 Å². The maximum atomic E-state index is 13.3. The number of carbonyl (C=O) groups excluding carboxylic acids is 1. The molecule has 0 unspecified atom stereocenters. The maximum Gasteiger partial charge on any atom is 0.274 e. The van der Waals surface area contributed by atoms with Crippen LogP contribution >= 0.6 is 23.1 Å². The minimum absolute atomic E-state index is 0.0663. The molecular weight excluding hydrogens is 442 g/mol. The van der Waals surface area contributed by atoms with Gasteiger partial charge in [0.2, 0.25) is 5.91 Å². The van der Waals surface area contributed by atoms with Crippen LogP contribution in [0, 0.1) is 12.8 Å². The molecule has 0 saturated carbocycles. The van der Waals surface area contributed by atoms with Crippen LogP contribution in [0.5, 0.6) is 0 Å². The van der Waals surface area contributed by atoms with Gasteiger partial charge in [-0.1, -0.05) is 47.7 Å². The Morgan fingerprint density at radius 2 is 1.91 bits per heavy atom. The summed E-state index contributed by atoms with van der Waals surface area (Å²) in [4.78, 5) is 37.4. The third-order valence-corrected chi connectivity index (χ3v) is 7.70. The van der Waals surface area contributed by atoms with Gasteiger partial charge in [0.05, 0.1) is 5.75 Å². The number of fused-ring (bicyclic) bond motifs is 1. The van der Waals surface area contributed by atoms with Gasteiger partial charge in [-0.05, 0) is 51.7 Å². The number of aromatic nitrogens is 3. The first kappa shape index (κ1) is 22.8. The third kappa shape index (κ3) is 4.99. The molecule has 0 spiro atoms. The fraction of sp³-hybridized carbons (Fsp3) is 0.478. The van der Waals surface area contributed by atoms with Crippen LogP contribution in [0.15, 0.2) is 34.2 Å². The highest BCUT2D eigenvalue weighted by Crippen LogP contribution is 2.31. The van der Waals surface area contributed by atoms with Crippen LogP contribution < -0.4 is 15.8 Å². The number of piperidine rings is 1. The minimum atomic E-state index is -0.134. The van der Waals surface area contributed by atoms with Gasteiger partial charge < -0.3 is 10.2 Å². The third-order valence-electron chi connectivity index (χ3n) is 5.66. The number of aryl methyl sites for hydroxylation is 1. The Kier molecular flexibility index (Phi) is 6.85. The average Bonchev–Trinajstić information content (AvgIpc) is 3.19. The second kappa shape index (κ2) is 9.62. The molecule has 0 aliphatic carbocycles. The number of benzene rings is 1. The molecule has 0 atom stereocenters. The number of thioether (sulfide) groups is 1. The summed E-state index contributed by atoms with van der Waals surface area (Å²) in [6.45, 7) is 10.1. The first-order valence-electron chi connectivity index (χ1n) is 11.0. The van der Waals surface area contributed by atoms with Crippen molar-refractivity contribution >= 4 is 50.2 Å². The highest BCUT2D eigenvalue weighted by Gasteiger charge is 2.23. The molecule has 1 N–H and O–H groups in total. The largest absolute Gasteiger partial charge is 0.348 e. The summed E-state index contributed by atoms with van der Waals surface area (Å²) < 4.78 is 2.26. The SMILES string of the molecule is Cc1ccc(NC(=O)CSc2nc3nc(N4CCC(C)CC4)sc3c(=O)n2C(C)C)cc1. The van der Waals surface area contributed by atoms with Crippen molar-refractivity contribution in [2.75, 3.05) is 29.1 Å². The molecule has 4 rings (SSSR count). The smallest absolute Gasteiger partial charge is 0.274 e. The molecule has 1 saturated heterocycles. The van der Waals surface area contributed by atoms with Crippen molar-refractivity contribution in [1.82, 2.24) is 14.5 Å². The second-order valence-corrected chi connectivity index (χ2v) is 10.6. The molecule has 32 heavy (non-hydrogen) atoms. The van der Waals surface area contributed by atoms with E-state index in [9.17, 15) is 9.59 Å². The Hall–Kier alpha value is -2.39. The number of hydrogen-bond acceptors (Lipinski definition) is 7. The Labute approximate surface area is 196 Å². The molecule has 170 valence electrons. The van der Waals surface area contributed by atoms with Gasteiger partial charge in [0.15, 0.2) is 15.9 Å². The first-order valence-corrected chi connectivity index (χ1v) is 12.8. The van der Waals surface area contributed by atoms with Gasteiger partial charge in [0, 0.05) is 24.8 Å². The fourth-order valence-electron chi connectivity index (χ4n) is 3.71. The number of amides is 1. The van der Waals surface area contributed by atoms with E-state index in [0.29, 0.717) is 15.5 Å². The van der Waals surface area contributed by atoms with E-state index in [4.69, 9.17) is 9.97 Å². The van der Waals surface area contributed by atoms with Crippen molar-refractivity contribution in [2.45, 2.75) is 51.7 Å². The monoisotopic (exact) mass is 471 g/mol. The zero-order chi connectivity index (χ0) is 22.8. The minimum Gasteiger partial charge on any atom is -0.348 e. The summed E-state index contributed by atoms with van der Waals surface area (Å²) >= 11 is 2.70. The molecule has 1 aliphatic rings. The fourth-order valence-corrected chi connectivity index (χ4v) is 5.62. The van der Waals surface area contributed by atoms with Gasteiger partial charge in [-0.15, -0.1) is 0 Å². The lowest BCUT2D eigenvalue weighted by atomic mass is 10.00. The summed E-state index contributed by atoms with van der Waals surface area (Å²) in [5.41, 5.74) is 2.29. The summed E-state index contributed by atoms with van der Waals surface area (Å²) in [7, 11) is 0. The molecule has 1 aromatic carbocycles. The zero-order valence-electron chi connectivity index (χ0n) is 18.9. The van der Waals surface area contributed by atoms with E-state index < -0.39 is 0 Å². The lowest BCUT2D eigenvalue weighted by Crippen LogP contribution is -2.32. The lowest BCUT2D eigenvalue weighted by molar-refractivity contribution is -0.113. The summed E-state index contributed by atoms with van der Waals surface area (Å²) in [6.07, 6.45) is 2.27. The predicted molar refractivity (Wildman–Crippen MR) is 133 cm³/mol. The quantitative estimate of drug-likeness (QED) is 0.414. The van der Waals surface area contributed by atoms with Gasteiger partial charge in [0.1, 0.15) is 4.70 Å². The maximum absolute atomic E-state index is 13.3. The number of anilines is 2. The molecule has 0 bridgehead atoms. The van der Waals surface area contributed by atoms with E-state index in [1.54, 1.807) is 4.57 Å². The van der Waals surface area contributed by atoms with E-state index in [-0.39, 0.29) is 23.3 Å². The van der Waals surface area contributed by atoms with Crippen molar-refractivity contribution in [2.24, 2.45) is 5.92 Å². The van der Waals surface area contributed by atoms with Gasteiger partial charge >= 0.3 is 0 Å². The molecule has 0 radical (unpaired) electrons. The number of rotatable bonds is 6. The topological polar surface area (TPSA) is 80.1 Å².